The Morgan fingerprint density at radius 2 is 1.76 bits per heavy atom. The Bertz CT molecular complexity index is 610. The van der Waals surface area contributed by atoms with E-state index < -0.39 is 0 Å². The van der Waals surface area contributed by atoms with E-state index in [4.69, 9.17) is 4.74 Å². The highest BCUT2D eigenvalue weighted by atomic mass is 16.5. The second kappa shape index (κ2) is 7.29. The zero-order valence-electron chi connectivity index (χ0n) is 12.0. The van der Waals surface area contributed by atoms with Crippen molar-refractivity contribution < 1.29 is 14.6 Å². The first-order valence-corrected chi connectivity index (χ1v) is 6.93. The molecule has 2 rings (SSSR count). The number of phenolic OH excluding ortho intramolecular Hbond substituents is 1. The molecule has 3 nitrogen and oxygen atoms in total. The van der Waals surface area contributed by atoms with Gasteiger partial charge in [-0.1, -0.05) is 25.1 Å². The number of phenols is 1. The number of allylic oxidation sites excluding steroid dienone is 1. The normalized spacial score (nSPS) is 10.7. The molecule has 0 radical (unpaired) electrons. The highest BCUT2D eigenvalue weighted by molar-refractivity contribution is 6.06. The zero-order valence-corrected chi connectivity index (χ0v) is 12.0. The van der Waals surface area contributed by atoms with Crippen molar-refractivity contribution in [3.63, 3.8) is 0 Å². The molecule has 0 heterocycles. The van der Waals surface area contributed by atoms with Gasteiger partial charge in [-0.25, -0.2) is 0 Å². The average Bonchev–Trinajstić information content (AvgIpc) is 2.52. The lowest BCUT2D eigenvalue weighted by Crippen LogP contribution is -1.97. The van der Waals surface area contributed by atoms with Crippen LogP contribution in [0, 0.1) is 0 Å². The van der Waals surface area contributed by atoms with E-state index in [9.17, 15) is 9.90 Å². The minimum Gasteiger partial charge on any atom is -0.508 e. The van der Waals surface area contributed by atoms with Crippen LogP contribution in [0.5, 0.6) is 11.5 Å². The third-order valence-electron chi connectivity index (χ3n) is 2.93. The minimum absolute atomic E-state index is 0.0647. The summed E-state index contributed by atoms with van der Waals surface area (Å²) in [6.45, 7) is 2.72. The van der Waals surface area contributed by atoms with Gasteiger partial charge in [0.05, 0.1) is 6.61 Å². The standard InChI is InChI=1S/C18H18O3/c1-2-13-21-17-10-6-15(7-11-17)18(20)12-5-14-3-8-16(19)9-4-14/h3-12,19H,2,13H2,1H3/b12-5+. The quantitative estimate of drug-likeness (QED) is 0.641. The number of ketones is 1. The van der Waals surface area contributed by atoms with Crippen molar-refractivity contribution in [2.24, 2.45) is 0 Å². The van der Waals surface area contributed by atoms with Crippen molar-refractivity contribution in [2.75, 3.05) is 6.61 Å². The maximum atomic E-state index is 12.0. The van der Waals surface area contributed by atoms with E-state index in [2.05, 4.69) is 0 Å². The highest BCUT2D eigenvalue weighted by Crippen LogP contribution is 2.14. The van der Waals surface area contributed by atoms with Gasteiger partial charge in [0, 0.05) is 5.56 Å². The molecule has 0 saturated carbocycles. The fourth-order valence-corrected chi connectivity index (χ4v) is 1.79. The average molecular weight is 282 g/mol. The van der Waals surface area contributed by atoms with Gasteiger partial charge in [-0.05, 0) is 54.5 Å². The number of hydrogen-bond donors (Lipinski definition) is 1. The molecule has 2 aromatic rings. The van der Waals surface area contributed by atoms with Gasteiger partial charge in [-0.2, -0.15) is 0 Å². The first kappa shape index (κ1) is 14.9. The second-order valence-electron chi connectivity index (χ2n) is 4.66. The summed E-state index contributed by atoms with van der Waals surface area (Å²) in [5, 5.41) is 9.20. The zero-order chi connectivity index (χ0) is 15.1. The smallest absolute Gasteiger partial charge is 0.185 e. The van der Waals surface area contributed by atoms with Crippen LogP contribution in [0.4, 0.5) is 0 Å². The second-order valence-corrected chi connectivity index (χ2v) is 4.66. The first-order valence-electron chi connectivity index (χ1n) is 6.93. The van der Waals surface area contributed by atoms with Gasteiger partial charge in [0.1, 0.15) is 11.5 Å². The predicted octanol–water partition coefficient (Wildman–Crippen LogP) is 4.08. The predicted molar refractivity (Wildman–Crippen MR) is 83.7 cm³/mol. The van der Waals surface area contributed by atoms with Crippen molar-refractivity contribution in [1.82, 2.24) is 0 Å². The molecule has 3 heteroatoms. The Balaban J connectivity index is 2.01. The molecule has 2 aromatic carbocycles. The lowest BCUT2D eigenvalue weighted by molar-refractivity contribution is 0.104. The Morgan fingerprint density at radius 1 is 1.10 bits per heavy atom. The summed E-state index contributed by atoms with van der Waals surface area (Å²) >= 11 is 0. The van der Waals surface area contributed by atoms with Gasteiger partial charge in [0.25, 0.3) is 0 Å². The van der Waals surface area contributed by atoms with Gasteiger partial charge >= 0.3 is 0 Å². The Labute approximate surface area is 124 Å². The lowest BCUT2D eigenvalue weighted by atomic mass is 10.1. The van der Waals surface area contributed by atoms with E-state index in [0.717, 1.165) is 17.7 Å². The van der Waals surface area contributed by atoms with E-state index in [1.54, 1.807) is 54.6 Å². The summed E-state index contributed by atoms with van der Waals surface area (Å²) in [5.41, 5.74) is 1.48. The molecular weight excluding hydrogens is 264 g/mol. The lowest BCUT2D eigenvalue weighted by Gasteiger charge is -2.04. The van der Waals surface area contributed by atoms with Crippen LogP contribution in [0.15, 0.2) is 54.6 Å². The van der Waals surface area contributed by atoms with E-state index in [1.165, 1.54) is 6.08 Å². The molecule has 0 fully saturated rings. The molecular formula is C18H18O3. The van der Waals surface area contributed by atoms with E-state index in [-0.39, 0.29) is 11.5 Å². The topological polar surface area (TPSA) is 46.5 Å². The summed E-state index contributed by atoms with van der Waals surface area (Å²) in [6, 6.07) is 13.8. The molecule has 0 aromatic heterocycles. The summed E-state index contributed by atoms with van der Waals surface area (Å²) in [6.07, 6.45) is 4.20. The molecule has 0 unspecified atom stereocenters. The SMILES string of the molecule is CCCOc1ccc(C(=O)/C=C/c2ccc(O)cc2)cc1. The molecule has 0 amide bonds. The fraction of sp³-hybridized carbons (Fsp3) is 0.167. The molecule has 0 atom stereocenters. The van der Waals surface area contributed by atoms with Crippen LogP contribution in [0.1, 0.15) is 29.3 Å². The molecule has 21 heavy (non-hydrogen) atoms. The number of carbonyl (C=O) groups excluding carboxylic acids is 1. The molecule has 0 aliphatic heterocycles. The number of rotatable bonds is 6. The van der Waals surface area contributed by atoms with Crippen molar-refractivity contribution >= 4 is 11.9 Å². The summed E-state index contributed by atoms with van der Waals surface area (Å²) in [7, 11) is 0. The van der Waals surface area contributed by atoms with Crippen LogP contribution >= 0.6 is 0 Å². The van der Waals surface area contributed by atoms with Crippen LogP contribution in [0.3, 0.4) is 0 Å². The maximum Gasteiger partial charge on any atom is 0.185 e. The number of ether oxygens (including phenoxy) is 1. The number of hydrogen-bond acceptors (Lipinski definition) is 3. The van der Waals surface area contributed by atoms with E-state index in [1.807, 2.05) is 6.92 Å². The number of benzene rings is 2. The van der Waals surface area contributed by atoms with E-state index >= 15 is 0 Å². The third-order valence-corrected chi connectivity index (χ3v) is 2.93. The van der Waals surface area contributed by atoms with Crippen molar-refractivity contribution in [3.8, 4) is 11.5 Å². The van der Waals surface area contributed by atoms with Crippen LogP contribution in [0.25, 0.3) is 6.08 Å². The van der Waals surface area contributed by atoms with Gasteiger partial charge in [-0.3, -0.25) is 4.79 Å². The molecule has 108 valence electrons. The first-order chi connectivity index (χ1) is 10.2. The van der Waals surface area contributed by atoms with Crippen LogP contribution in [0.2, 0.25) is 0 Å². The van der Waals surface area contributed by atoms with Crippen molar-refractivity contribution in [1.29, 1.82) is 0 Å². The summed E-state index contributed by atoms with van der Waals surface area (Å²) in [4.78, 5) is 12.0. The van der Waals surface area contributed by atoms with Crippen LogP contribution in [-0.2, 0) is 0 Å². The van der Waals surface area contributed by atoms with E-state index in [0.29, 0.717) is 12.2 Å². The van der Waals surface area contributed by atoms with Gasteiger partial charge in [0.2, 0.25) is 0 Å². The Hall–Kier alpha value is -2.55. The molecule has 0 spiro atoms. The molecule has 1 N–H and O–H groups in total. The number of carbonyl (C=O) groups is 1. The van der Waals surface area contributed by atoms with Gasteiger partial charge in [-0.15, -0.1) is 0 Å². The Kier molecular flexibility index (Phi) is 5.16. The fourth-order valence-electron chi connectivity index (χ4n) is 1.79. The molecule has 0 aliphatic rings. The monoisotopic (exact) mass is 282 g/mol. The van der Waals surface area contributed by atoms with Crippen molar-refractivity contribution in [3.05, 3.63) is 65.7 Å². The Morgan fingerprint density at radius 3 is 2.38 bits per heavy atom. The highest BCUT2D eigenvalue weighted by Gasteiger charge is 2.02. The van der Waals surface area contributed by atoms with Gasteiger partial charge in [0.15, 0.2) is 5.78 Å². The maximum absolute atomic E-state index is 12.0. The number of aromatic hydroxyl groups is 1. The van der Waals surface area contributed by atoms with Gasteiger partial charge < -0.3 is 9.84 Å². The van der Waals surface area contributed by atoms with Crippen LogP contribution in [-0.4, -0.2) is 17.5 Å². The largest absolute Gasteiger partial charge is 0.508 e. The van der Waals surface area contributed by atoms with Crippen LogP contribution < -0.4 is 4.74 Å². The minimum atomic E-state index is -0.0647. The molecule has 0 aliphatic carbocycles. The van der Waals surface area contributed by atoms with Crippen molar-refractivity contribution in [2.45, 2.75) is 13.3 Å². The summed E-state index contributed by atoms with van der Waals surface area (Å²) < 4.78 is 5.48. The summed E-state index contributed by atoms with van der Waals surface area (Å²) in [5.74, 6) is 0.919. The molecule has 0 saturated heterocycles. The molecule has 0 bridgehead atoms. The third kappa shape index (κ3) is 4.49.